The van der Waals surface area contributed by atoms with Crippen LogP contribution in [0, 0.1) is 0 Å². The highest BCUT2D eigenvalue weighted by Gasteiger charge is 2.16. The molecule has 0 atom stereocenters. The van der Waals surface area contributed by atoms with E-state index in [1.165, 1.54) is 19.3 Å². The molecule has 0 aromatic carbocycles. The van der Waals surface area contributed by atoms with Gasteiger partial charge in [-0.3, -0.25) is 0 Å². The van der Waals surface area contributed by atoms with Crippen LogP contribution in [0.1, 0.15) is 44.9 Å². The van der Waals surface area contributed by atoms with Crippen LogP contribution in [-0.4, -0.2) is 33.1 Å². The van der Waals surface area contributed by atoms with Crippen LogP contribution < -0.4 is 10.6 Å². The maximum Gasteiger partial charge on any atom is 0.315 e. The van der Waals surface area contributed by atoms with Gasteiger partial charge >= 0.3 is 6.03 Å². The Bertz CT molecular complexity index is 442. The number of carbonyl (C=O) groups excluding carboxylic acids is 1. The van der Waals surface area contributed by atoms with E-state index in [1.54, 1.807) is 11.8 Å². The maximum absolute atomic E-state index is 11.9. The van der Waals surface area contributed by atoms with Crippen LogP contribution in [0.4, 0.5) is 4.79 Å². The van der Waals surface area contributed by atoms with Crippen LogP contribution in [0.5, 0.6) is 0 Å². The molecule has 2 amide bonds. The first-order valence-electron chi connectivity index (χ1n) is 7.25. The summed E-state index contributed by atoms with van der Waals surface area (Å²) in [7, 11) is 0. The van der Waals surface area contributed by atoms with E-state index >= 15 is 0 Å². The summed E-state index contributed by atoms with van der Waals surface area (Å²) < 4.78 is 2.02. The van der Waals surface area contributed by atoms with Crippen molar-refractivity contribution in [2.24, 2.45) is 0 Å². The van der Waals surface area contributed by atoms with Gasteiger partial charge in [-0.05, 0) is 26.0 Å². The summed E-state index contributed by atoms with van der Waals surface area (Å²) in [5, 5.41) is 15.0. The number of carbonyl (C=O) groups is 1. The zero-order valence-corrected chi connectivity index (χ0v) is 13.0. The summed E-state index contributed by atoms with van der Waals surface area (Å²) in [4.78, 5) is 11.9. The SMILES string of the molecule is CCn1c(CNC(=O)NC2CCCCC2)nnc1SC. The minimum atomic E-state index is -0.103. The van der Waals surface area contributed by atoms with E-state index in [9.17, 15) is 4.79 Å². The number of urea groups is 1. The van der Waals surface area contributed by atoms with Crippen LogP contribution in [0.25, 0.3) is 0 Å². The molecule has 1 fully saturated rings. The van der Waals surface area contributed by atoms with Crippen LogP contribution in [0.3, 0.4) is 0 Å². The Labute approximate surface area is 124 Å². The third kappa shape index (κ3) is 3.88. The highest BCUT2D eigenvalue weighted by atomic mass is 32.2. The fraction of sp³-hybridized carbons (Fsp3) is 0.769. The van der Waals surface area contributed by atoms with E-state index in [1.807, 2.05) is 10.8 Å². The lowest BCUT2D eigenvalue weighted by atomic mass is 9.96. The molecule has 112 valence electrons. The lowest BCUT2D eigenvalue weighted by molar-refractivity contribution is 0.232. The number of hydrogen-bond donors (Lipinski definition) is 2. The van der Waals surface area contributed by atoms with Crippen LogP contribution >= 0.6 is 11.8 Å². The molecule has 0 saturated heterocycles. The molecule has 1 heterocycles. The topological polar surface area (TPSA) is 71.8 Å². The van der Waals surface area contributed by atoms with Crippen molar-refractivity contribution in [1.82, 2.24) is 25.4 Å². The molecule has 1 aliphatic rings. The first-order valence-corrected chi connectivity index (χ1v) is 8.47. The van der Waals surface area contributed by atoms with Crippen molar-refractivity contribution in [1.29, 1.82) is 0 Å². The second-order valence-electron chi connectivity index (χ2n) is 5.01. The van der Waals surface area contributed by atoms with Gasteiger partial charge in [-0.1, -0.05) is 31.0 Å². The van der Waals surface area contributed by atoms with E-state index in [0.29, 0.717) is 12.6 Å². The Morgan fingerprint density at radius 1 is 1.35 bits per heavy atom. The number of amides is 2. The van der Waals surface area contributed by atoms with Gasteiger partial charge < -0.3 is 15.2 Å². The Morgan fingerprint density at radius 2 is 2.10 bits per heavy atom. The summed E-state index contributed by atoms with van der Waals surface area (Å²) in [6, 6.07) is 0.225. The Kier molecular flexibility index (Phi) is 5.70. The molecule has 6 nitrogen and oxygen atoms in total. The first-order chi connectivity index (χ1) is 9.74. The van der Waals surface area contributed by atoms with Crippen LogP contribution in [0.2, 0.25) is 0 Å². The minimum Gasteiger partial charge on any atom is -0.335 e. The minimum absolute atomic E-state index is 0.103. The third-order valence-corrected chi connectivity index (χ3v) is 4.31. The molecule has 20 heavy (non-hydrogen) atoms. The Morgan fingerprint density at radius 3 is 2.75 bits per heavy atom. The molecule has 2 rings (SSSR count). The molecular formula is C13H23N5OS. The second-order valence-corrected chi connectivity index (χ2v) is 5.78. The van der Waals surface area contributed by atoms with Gasteiger partial charge in [-0.15, -0.1) is 10.2 Å². The molecule has 1 saturated carbocycles. The molecule has 0 spiro atoms. The molecular weight excluding hydrogens is 274 g/mol. The molecule has 0 radical (unpaired) electrons. The summed E-state index contributed by atoms with van der Waals surface area (Å²) in [5.41, 5.74) is 0. The molecule has 2 N–H and O–H groups in total. The molecule has 0 aliphatic heterocycles. The normalized spacial score (nSPS) is 16.1. The van der Waals surface area contributed by atoms with Crippen molar-refractivity contribution in [3.63, 3.8) is 0 Å². The van der Waals surface area contributed by atoms with Crippen LogP contribution in [0.15, 0.2) is 5.16 Å². The number of aromatic nitrogens is 3. The largest absolute Gasteiger partial charge is 0.335 e. The summed E-state index contributed by atoms with van der Waals surface area (Å²) in [5.74, 6) is 0.802. The van der Waals surface area contributed by atoms with E-state index in [-0.39, 0.29) is 6.03 Å². The monoisotopic (exact) mass is 297 g/mol. The summed E-state index contributed by atoms with van der Waals surface area (Å²) in [6.45, 7) is 3.28. The predicted octanol–water partition coefficient (Wildman–Crippen LogP) is 2.15. The number of hydrogen-bond acceptors (Lipinski definition) is 4. The Balaban J connectivity index is 1.82. The first kappa shape index (κ1) is 15.2. The summed E-state index contributed by atoms with van der Waals surface area (Å²) in [6.07, 6.45) is 7.88. The smallest absolute Gasteiger partial charge is 0.315 e. The van der Waals surface area contributed by atoms with Crippen LogP contribution in [-0.2, 0) is 13.1 Å². The highest BCUT2D eigenvalue weighted by molar-refractivity contribution is 7.98. The van der Waals surface area contributed by atoms with E-state index in [0.717, 1.165) is 30.4 Å². The standard InChI is InChI=1S/C13H23N5OS/c1-3-18-11(16-17-13(18)20-2)9-14-12(19)15-10-7-5-4-6-8-10/h10H,3-9H2,1-2H3,(H2,14,15,19). The molecule has 1 aliphatic carbocycles. The van der Waals surface area contributed by atoms with Crippen molar-refractivity contribution in [3.8, 4) is 0 Å². The second kappa shape index (κ2) is 7.52. The highest BCUT2D eigenvalue weighted by Crippen LogP contribution is 2.17. The van der Waals surface area contributed by atoms with Gasteiger partial charge in [-0.25, -0.2) is 4.79 Å². The fourth-order valence-corrected chi connectivity index (χ4v) is 3.14. The molecule has 7 heteroatoms. The van der Waals surface area contributed by atoms with Gasteiger partial charge in [0.25, 0.3) is 0 Å². The zero-order valence-electron chi connectivity index (χ0n) is 12.2. The third-order valence-electron chi connectivity index (χ3n) is 3.64. The number of nitrogens with zero attached hydrogens (tertiary/aromatic N) is 3. The van der Waals surface area contributed by atoms with Gasteiger partial charge in [0.2, 0.25) is 0 Å². The molecule has 0 unspecified atom stereocenters. The van der Waals surface area contributed by atoms with Gasteiger partial charge in [-0.2, -0.15) is 0 Å². The average Bonchev–Trinajstić information content (AvgIpc) is 2.88. The average molecular weight is 297 g/mol. The Hall–Kier alpha value is -1.24. The summed E-state index contributed by atoms with van der Waals surface area (Å²) >= 11 is 1.56. The van der Waals surface area contributed by atoms with E-state index in [4.69, 9.17) is 0 Å². The lowest BCUT2D eigenvalue weighted by Crippen LogP contribution is -2.42. The van der Waals surface area contributed by atoms with Crippen molar-refractivity contribution in [2.75, 3.05) is 6.26 Å². The van der Waals surface area contributed by atoms with Gasteiger partial charge in [0.15, 0.2) is 11.0 Å². The predicted molar refractivity (Wildman–Crippen MR) is 79.7 cm³/mol. The number of thioether (sulfide) groups is 1. The van der Waals surface area contributed by atoms with Gasteiger partial charge in [0.05, 0.1) is 6.54 Å². The van der Waals surface area contributed by atoms with Crippen molar-refractivity contribution in [3.05, 3.63) is 5.82 Å². The quantitative estimate of drug-likeness (QED) is 0.817. The van der Waals surface area contributed by atoms with E-state index in [2.05, 4.69) is 27.8 Å². The van der Waals surface area contributed by atoms with Crippen molar-refractivity contribution >= 4 is 17.8 Å². The van der Waals surface area contributed by atoms with E-state index < -0.39 is 0 Å². The fourth-order valence-electron chi connectivity index (χ4n) is 2.56. The maximum atomic E-state index is 11.9. The lowest BCUT2D eigenvalue weighted by Gasteiger charge is -2.22. The van der Waals surface area contributed by atoms with Crippen molar-refractivity contribution in [2.45, 2.75) is 63.3 Å². The van der Waals surface area contributed by atoms with Gasteiger partial charge in [0, 0.05) is 12.6 Å². The van der Waals surface area contributed by atoms with Crippen molar-refractivity contribution < 1.29 is 4.79 Å². The molecule has 1 aromatic rings. The zero-order chi connectivity index (χ0) is 14.4. The molecule has 1 aromatic heterocycles. The van der Waals surface area contributed by atoms with Gasteiger partial charge in [0.1, 0.15) is 0 Å². The number of rotatable bonds is 5. The molecule has 0 bridgehead atoms. The number of nitrogens with one attached hydrogen (secondary N) is 2.